The van der Waals surface area contributed by atoms with E-state index in [9.17, 15) is 14.7 Å². The number of carbonyl (C=O) groups excluding carboxylic acids is 2. The van der Waals surface area contributed by atoms with E-state index in [1.165, 1.54) is 18.4 Å². The van der Waals surface area contributed by atoms with Gasteiger partial charge in [0, 0.05) is 30.4 Å². The van der Waals surface area contributed by atoms with Crippen LogP contribution in [0, 0.1) is 3.70 Å². The molecule has 3 heterocycles. The molecular weight excluding hydrogens is 599 g/mol. The summed E-state index contributed by atoms with van der Waals surface area (Å²) in [6.07, 6.45) is 7.45. The lowest BCUT2D eigenvalue weighted by atomic mass is 9.97. The molecule has 0 unspecified atom stereocenters. The highest BCUT2D eigenvalue weighted by molar-refractivity contribution is 14.1. The molecule has 2 aromatic heterocycles. The van der Waals surface area contributed by atoms with Crippen molar-refractivity contribution in [1.82, 2.24) is 25.1 Å². The highest BCUT2D eigenvalue weighted by atomic mass is 127. The fraction of sp³-hybridized carbons (Fsp3) is 0.423. The minimum absolute atomic E-state index is 0.0172. The van der Waals surface area contributed by atoms with Crippen molar-refractivity contribution < 1.29 is 14.7 Å². The number of rotatable bonds is 9. The molecule has 1 saturated heterocycles. The van der Waals surface area contributed by atoms with Gasteiger partial charge >= 0.3 is 0 Å². The predicted molar refractivity (Wildman–Crippen MR) is 152 cm³/mol. The normalized spacial score (nSPS) is 19.3. The number of aliphatic hydroxyl groups excluding tert-OH is 1. The number of amides is 2. The van der Waals surface area contributed by atoms with Gasteiger partial charge in [-0.2, -0.15) is 5.10 Å². The van der Waals surface area contributed by atoms with Crippen LogP contribution in [-0.4, -0.2) is 61.9 Å². The van der Waals surface area contributed by atoms with Crippen molar-refractivity contribution in [3.8, 4) is 0 Å². The summed E-state index contributed by atoms with van der Waals surface area (Å²) in [5, 5.41) is 19.9. The number of anilines is 3. The van der Waals surface area contributed by atoms with Gasteiger partial charge in [-0.25, -0.2) is 9.97 Å². The molecule has 12 heteroatoms. The number of carbonyl (C=O) groups is 2. The largest absolute Gasteiger partial charge is 0.394 e. The Morgan fingerprint density at radius 2 is 1.97 bits per heavy atom. The number of aliphatic hydroxyl groups is 1. The molecule has 2 aliphatic rings. The third-order valence-corrected chi connectivity index (χ3v) is 7.91. The van der Waals surface area contributed by atoms with Gasteiger partial charge in [-0.3, -0.25) is 14.3 Å². The molecule has 1 aromatic carbocycles. The Morgan fingerprint density at radius 1 is 1.21 bits per heavy atom. The second kappa shape index (κ2) is 11.2. The molecular formula is C26H31IN8O3. The summed E-state index contributed by atoms with van der Waals surface area (Å²) in [5.74, 6) is 0.675. The number of nitrogens with zero attached hydrogens (tertiary/aromatic N) is 5. The van der Waals surface area contributed by atoms with Gasteiger partial charge < -0.3 is 26.4 Å². The zero-order chi connectivity index (χ0) is 26.8. The number of hydrogen-bond donors (Lipinski definition) is 4. The third-order valence-electron chi connectivity index (χ3n) is 7.11. The van der Waals surface area contributed by atoms with Gasteiger partial charge in [0.1, 0.15) is 9.52 Å². The number of nitrogens with one attached hydrogen (secondary N) is 2. The van der Waals surface area contributed by atoms with E-state index >= 15 is 0 Å². The highest BCUT2D eigenvalue weighted by Gasteiger charge is 2.31. The zero-order valence-corrected chi connectivity index (χ0v) is 23.3. The van der Waals surface area contributed by atoms with Crippen molar-refractivity contribution in [1.29, 1.82) is 0 Å². The smallest absolute Gasteiger partial charge is 0.271 e. The van der Waals surface area contributed by atoms with Crippen molar-refractivity contribution in [2.45, 2.75) is 57.2 Å². The van der Waals surface area contributed by atoms with Gasteiger partial charge in [0.25, 0.3) is 11.8 Å². The molecule has 1 aliphatic heterocycles. The summed E-state index contributed by atoms with van der Waals surface area (Å²) in [6, 6.07) is 7.80. The van der Waals surface area contributed by atoms with E-state index in [0.29, 0.717) is 33.2 Å². The van der Waals surface area contributed by atoms with E-state index in [-0.39, 0.29) is 36.1 Å². The lowest BCUT2D eigenvalue weighted by Gasteiger charge is -2.40. The first-order valence-corrected chi connectivity index (χ1v) is 13.9. The minimum atomic E-state index is -0.700. The fourth-order valence-corrected chi connectivity index (χ4v) is 5.40. The summed E-state index contributed by atoms with van der Waals surface area (Å²) in [6.45, 7) is 3.09. The summed E-state index contributed by atoms with van der Waals surface area (Å²) < 4.78 is 2.25. The average Bonchev–Trinajstić information content (AvgIpc) is 3.70. The van der Waals surface area contributed by atoms with Gasteiger partial charge in [0.2, 0.25) is 0 Å². The number of hydrogen-bond acceptors (Lipinski definition) is 8. The Balaban J connectivity index is 1.33. The van der Waals surface area contributed by atoms with E-state index in [2.05, 4.69) is 67.3 Å². The SMILES string of the molecule is C[C@@H]1[C@H](NC(=O)c2ccc(C3CC3)cc2)CCCN1c1cnc(C(N)=O)c(Nc2cn(CCO)nc2I)n1. The summed E-state index contributed by atoms with van der Waals surface area (Å²) >= 11 is 2.07. The molecule has 0 radical (unpaired) electrons. The van der Waals surface area contributed by atoms with Crippen LogP contribution >= 0.6 is 22.6 Å². The Morgan fingerprint density at radius 3 is 2.66 bits per heavy atom. The van der Waals surface area contributed by atoms with E-state index < -0.39 is 5.91 Å². The molecule has 1 aliphatic carbocycles. The highest BCUT2D eigenvalue weighted by Crippen LogP contribution is 2.40. The van der Waals surface area contributed by atoms with E-state index in [0.717, 1.165) is 19.4 Å². The maximum absolute atomic E-state index is 13.0. The Labute approximate surface area is 234 Å². The number of benzene rings is 1. The molecule has 2 atom stereocenters. The summed E-state index contributed by atoms with van der Waals surface area (Å²) in [7, 11) is 0. The van der Waals surface area contributed by atoms with Gasteiger partial charge in [0.15, 0.2) is 11.5 Å². The van der Waals surface area contributed by atoms with Crippen molar-refractivity contribution in [2.24, 2.45) is 5.73 Å². The maximum Gasteiger partial charge on any atom is 0.271 e. The Kier molecular flexibility index (Phi) is 7.79. The summed E-state index contributed by atoms with van der Waals surface area (Å²) in [4.78, 5) is 36.2. The standard InChI is InChI=1S/C26H31IN8O3/c1-15-19(31-26(38)18-8-6-17(7-9-18)16-4-5-16)3-2-10-35(15)21-13-29-22(24(28)37)25(32-21)30-20-14-34(11-12-36)33-23(20)27/h6-9,13-16,19,36H,2-5,10-12H2,1H3,(H2,28,37)(H,30,32)(H,31,38)/t15-,19-/m1/s1. The van der Waals surface area contributed by atoms with E-state index in [1.54, 1.807) is 17.1 Å². The topological polar surface area (TPSA) is 151 Å². The molecule has 2 fully saturated rings. The fourth-order valence-electron chi connectivity index (χ4n) is 4.85. The van der Waals surface area contributed by atoms with Crippen LogP contribution < -0.4 is 21.3 Å². The Bertz CT molecular complexity index is 1320. The molecule has 0 bridgehead atoms. The average molecular weight is 630 g/mol. The minimum Gasteiger partial charge on any atom is -0.394 e. The molecule has 0 spiro atoms. The first-order valence-electron chi connectivity index (χ1n) is 12.8. The van der Waals surface area contributed by atoms with Crippen LogP contribution in [-0.2, 0) is 6.54 Å². The van der Waals surface area contributed by atoms with Crippen molar-refractivity contribution in [3.63, 3.8) is 0 Å². The van der Waals surface area contributed by atoms with Crippen LogP contribution in [0.2, 0.25) is 0 Å². The number of primary amides is 1. The molecule has 5 N–H and O–H groups in total. The first-order chi connectivity index (χ1) is 18.3. The predicted octanol–water partition coefficient (Wildman–Crippen LogP) is 2.78. The van der Waals surface area contributed by atoms with Gasteiger partial charge in [0.05, 0.1) is 25.0 Å². The third kappa shape index (κ3) is 5.75. The number of nitrogens with two attached hydrogens (primary N) is 1. The van der Waals surface area contributed by atoms with Crippen LogP contribution in [0.3, 0.4) is 0 Å². The van der Waals surface area contributed by atoms with Gasteiger partial charge in [-0.15, -0.1) is 0 Å². The monoisotopic (exact) mass is 630 g/mol. The molecule has 2 amide bonds. The molecule has 5 rings (SSSR count). The van der Waals surface area contributed by atoms with Crippen LogP contribution in [0.5, 0.6) is 0 Å². The quantitative estimate of drug-likeness (QED) is 0.264. The second-order valence-electron chi connectivity index (χ2n) is 9.79. The zero-order valence-electron chi connectivity index (χ0n) is 21.1. The number of piperidine rings is 1. The van der Waals surface area contributed by atoms with Gasteiger partial charge in [-0.05, 0) is 78.8 Å². The maximum atomic E-state index is 13.0. The second-order valence-corrected chi connectivity index (χ2v) is 10.8. The van der Waals surface area contributed by atoms with Crippen molar-refractivity contribution >= 4 is 51.7 Å². The molecule has 3 aromatic rings. The Hall–Kier alpha value is -3.26. The molecule has 38 heavy (non-hydrogen) atoms. The lowest BCUT2D eigenvalue weighted by Crippen LogP contribution is -2.54. The summed E-state index contributed by atoms with van der Waals surface area (Å²) in [5.41, 5.74) is 8.18. The van der Waals surface area contributed by atoms with Crippen LogP contribution in [0.25, 0.3) is 0 Å². The van der Waals surface area contributed by atoms with E-state index in [1.807, 2.05) is 12.1 Å². The van der Waals surface area contributed by atoms with Crippen molar-refractivity contribution in [2.75, 3.05) is 23.4 Å². The van der Waals surface area contributed by atoms with Crippen LogP contribution in [0.15, 0.2) is 36.7 Å². The molecule has 1 saturated carbocycles. The van der Waals surface area contributed by atoms with Crippen LogP contribution in [0.1, 0.15) is 64.9 Å². The molecule has 11 nitrogen and oxygen atoms in total. The number of aromatic nitrogens is 4. The van der Waals surface area contributed by atoms with Crippen molar-refractivity contribution in [3.05, 3.63) is 57.2 Å². The van der Waals surface area contributed by atoms with Gasteiger partial charge in [-0.1, -0.05) is 12.1 Å². The van der Waals surface area contributed by atoms with Crippen LogP contribution in [0.4, 0.5) is 17.3 Å². The lowest BCUT2D eigenvalue weighted by molar-refractivity contribution is 0.0923. The number of halogens is 1. The van der Waals surface area contributed by atoms with E-state index in [4.69, 9.17) is 10.7 Å². The molecule has 200 valence electrons. The first kappa shape index (κ1) is 26.4.